The zero-order valence-electron chi connectivity index (χ0n) is 10.6. The van der Waals surface area contributed by atoms with Crippen LogP contribution in [0.25, 0.3) is 0 Å². The lowest BCUT2D eigenvalue weighted by molar-refractivity contribution is 0.0128. The summed E-state index contributed by atoms with van der Waals surface area (Å²) in [6.07, 6.45) is 0. The summed E-state index contributed by atoms with van der Waals surface area (Å²) in [5, 5.41) is 13.7. The Bertz CT molecular complexity index is 366. The van der Waals surface area contributed by atoms with E-state index in [2.05, 4.69) is 5.32 Å². The van der Waals surface area contributed by atoms with E-state index in [1.165, 1.54) is 0 Å². The fraction of sp³-hybridized carbons (Fsp3) is 0.538. The minimum absolute atomic E-state index is 0.211. The minimum Gasteiger partial charge on any atom is -0.489 e. The lowest BCUT2D eigenvalue weighted by atomic mass is 10.1. The largest absolute Gasteiger partial charge is 0.489 e. The van der Waals surface area contributed by atoms with Gasteiger partial charge in [0.25, 0.3) is 0 Å². The SMILES string of the molecule is CCNCC(C)(O)COc1ccc(C)cc1Cl. The number of nitrogens with one attached hydrogen (secondary N) is 1. The molecule has 1 atom stereocenters. The Kier molecular flexibility index (Phi) is 5.25. The number of hydrogen-bond acceptors (Lipinski definition) is 3. The number of aryl methyl sites for hydroxylation is 1. The van der Waals surface area contributed by atoms with Crippen molar-refractivity contribution in [3.63, 3.8) is 0 Å². The third kappa shape index (κ3) is 4.94. The summed E-state index contributed by atoms with van der Waals surface area (Å²) >= 11 is 6.04. The standard InChI is InChI=1S/C13H20ClNO2/c1-4-15-8-13(3,16)9-17-12-6-5-10(2)7-11(12)14/h5-7,15-16H,4,8-9H2,1-3H3. The van der Waals surface area contributed by atoms with E-state index in [0.29, 0.717) is 17.3 Å². The predicted octanol–water partition coefficient (Wildman–Crippen LogP) is 2.39. The molecule has 1 aromatic carbocycles. The third-order valence-corrected chi connectivity index (χ3v) is 2.68. The van der Waals surface area contributed by atoms with Crippen LogP contribution in [0.1, 0.15) is 19.4 Å². The van der Waals surface area contributed by atoms with Gasteiger partial charge in [0, 0.05) is 6.54 Å². The second-order valence-corrected chi connectivity index (χ2v) is 4.91. The predicted molar refractivity (Wildman–Crippen MR) is 70.9 cm³/mol. The second-order valence-electron chi connectivity index (χ2n) is 4.50. The second kappa shape index (κ2) is 6.24. The van der Waals surface area contributed by atoms with Gasteiger partial charge in [0.2, 0.25) is 0 Å². The molecule has 0 heterocycles. The summed E-state index contributed by atoms with van der Waals surface area (Å²) in [6, 6.07) is 5.59. The molecule has 4 heteroatoms. The Morgan fingerprint density at radius 3 is 2.76 bits per heavy atom. The zero-order valence-corrected chi connectivity index (χ0v) is 11.3. The van der Waals surface area contributed by atoms with Crippen LogP contribution in [-0.4, -0.2) is 30.4 Å². The molecule has 2 N–H and O–H groups in total. The highest BCUT2D eigenvalue weighted by atomic mass is 35.5. The van der Waals surface area contributed by atoms with Crippen molar-refractivity contribution in [2.24, 2.45) is 0 Å². The van der Waals surface area contributed by atoms with Gasteiger partial charge in [0.1, 0.15) is 18.0 Å². The number of hydrogen-bond donors (Lipinski definition) is 2. The molecule has 0 fully saturated rings. The van der Waals surface area contributed by atoms with Crippen LogP contribution >= 0.6 is 11.6 Å². The quantitative estimate of drug-likeness (QED) is 0.822. The van der Waals surface area contributed by atoms with E-state index in [0.717, 1.165) is 12.1 Å². The first-order valence-electron chi connectivity index (χ1n) is 5.76. The van der Waals surface area contributed by atoms with Crippen LogP contribution in [0, 0.1) is 6.92 Å². The molecule has 17 heavy (non-hydrogen) atoms. The van der Waals surface area contributed by atoms with E-state index in [1.54, 1.807) is 6.92 Å². The molecule has 0 aliphatic rings. The van der Waals surface area contributed by atoms with Gasteiger partial charge in [-0.25, -0.2) is 0 Å². The normalized spacial score (nSPS) is 14.4. The van der Waals surface area contributed by atoms with Crippen LogP contribution in [-0.2, 0) is 0 Å². The Morgan fingerprint density at radius 2 is 2.18 bits per heavy atom. The molecule has 0 saturated heterocycles. The summed E-state index contributed by atoms with van der Waals surface area (Å²) in [4.78, 5) is 0. The highest BCUT2D eigenvalue weighted by Gasteiger charge is 2.21. The molecule has 1 aromatic rings. The number of likely N-dealkylation sites (N-methyl/N-ethyl adjacent to an activating group) is 1. The number of halogens is 1. The van der Waals surface area contributed by atoms with Crippen LogP contribution in [0.2, 0.25) is 5.02 Å². The van der Waals surface area contributed by atoms with Gasteiger partial charge in [-0.1, -0.05) is 24.6 Å². The molecule has 0 aliphatic heterocycles. The number of aliphatic hydroxyl groups is 1. The van der Waals surface area contributed by atoms with Crippen LogP contribution in [0.4, 0.5) is 0 Å². The Balaban J connectivity index is 2.54. The van der Waals surface area contributed by atoms with Crippen molar-refractivity contribution in [2.75, 3.05) is 19.7 Å². The molecule has 0 aliphatic carbocycles. The molecule has 3 nitrogen and oxygen atoms in total. The molecule has 0 aromatic heterocycles. The topological polar surface area (TPSA) is 41.5 Å². The van der Waals surface area contributed by atoms with E-state index in [4.69, 9.17) is 16.3 Å². The van der Waals surface area contributed by atoms with Crippen LogP contribution in [0.15, 0.2) is 18.2 Å². The van der Waals surface area contributed by atoms with Gasteiger partial charge in [0.15, 0.2) is 0 Å². The smallest absolute Gasteiger partial charge is 0.138 e. The van der Waals surface area contributed by atoms with Crippen molar-refractivity contribution >= 4 is 11.6 Å². The maximum atomic E-state index is 10.0. The molecule has 96 valence electrons. The highest BCUT2D eigenvalue weighted by molar-refractivity contribution is 6.32. The van der Waals surface area contributed by atoms with Crippen molar-refractivity contribution in [3.05, 3.63) is 28.8 Å². The highest BCUT2D eigenvalue weighted by Crippen LogP contribution is 2.25. The summed E-state index contributed by atoms with van der Waals surface area (Å²) in [5.41, 5.74) is 0.186. The van der Waals surface area contributed by atoms with Crippen molar-refractivity contribution in [1.29, 1.82) is 0 Å². The molecular weight excluding hydrogens is 238 g/mol. The van der Waals surface area contributed by atoms with Crippen molar-refractivity contribution < 1.29 is 9.84 Å². The minimum atomic E-state index is -0.899. The molecule has 0 spiro atoms. The first-order chi connectivity index (χ1) is 7.94. The lowest BCUT2D eigenvalue weighted by Gasteiger charge is -2.24. The maximum absolute atomic E-state index is 10.0. The van der Waals surface area contributed by atoms with Crippen molar-refractivity contribution in [1.82, 2.24) is 5.32 Å². The summed E-state index contributed by atoms with van der Waals surface area (Å²) in [5.74, 6) is 0.606. The summed E-state index contributed by atoms with van der Waals surface area (Å²) < 4.78 is 5.53. The van der Waals surface area contributed by atoms with Crippen LogP contribution in [0.3, 0.4) is 0 Å². The van der Waals surface area contributed by atoms with Gasteiger partial charge < -0.3 is 15.2 Å². The van der Waals surface area contributed by atoms with Gasteiger partial charge in [-0.15, -0.1) is 0 Å². The summed E-state index contributed by atoms with van der Waals surface area (Å²) in [7, 11) is 0. The first kappa shape index (κ1) is 14.3. The van der Waals surface area contributed by atoms with Crippen molar-refractivity contribution in [3.8, 4) is 5.75 Å². The van der Waals surface area contributed by atoms with Gasteiger partial charge in [-0.05, 0) is 38.1 Å². The lowest BCUT2D eigenvalue weighted by Crippen LogP contribution is -2.42. The molecule has 0 amide bonds. The fourth-order valence-electron chi connectivity index (χ4n) is 1.40. The number of rotatable bonds is 6. The average Bonchev–Trinajstić information content (AvgIpc) is 2.25. The Labute approximate surface area is 108 Å². The van der Waals surface area contributed by atoms with Gasteiger partial charge in [-0.3, -0.25) is 0 Å². The van der Waals surface area contributed by atoms with E-state index < -0.39 is 5.60 Å². The molecule has 0 radical (unpaired) electrons. The molecule has 0 saturated carbocycles. The molecule has 0 bridgehead atoms. The first-order valence-corrected chi connectivity index (χ1v) is 6.14. The van der Waals surface area contributed by atoms with Crippen molar-refractivity contribution in [2.45, 2.75) is 26.4 Å². The zero-order chi connectivity index (χ0) is 12.9. The number of benzene rings is 1. The maximum Gasteiger partial charge on any atom is 0.138 e. The fourth-order valence-corrected chi connectivity index (χ4v) is 1.69. The van der Waals surface area contributed by atoms with Gasteiger partial charge >= 0.3 is 0 Å². The third-order valence-electron chi connectivity index (χ3n) is 2.38. The molecule has 1 unspecified atom stereocenters. The van der Waals surface area contributed by atoms with E-state index in [9.17, 15) is 5.11 Å². The number of ether oxygens (including phenoxy) is 1. The summed E-state index contributed by atoms with van der Waals surface area (Å²) in [6.45, 7) is 7.22. The molecular formula is C13H20ClNO2. The van der Waals surface area contributed by atoms with E-state index in [1.807, 2.05) is 32.0 Å². The van der Waals surface area contributed by atoms with Gasteiger partial charge in [-0.2, -0.15) is 0 Å². The average molecular weight is 258 g/mol. The van der Waals surface area contributed by atoms with E-state index >= 15 is 0 Å². The molecule has 1 rings (SSSR count). The van der Waals surface area contributed by atoms with Gasteiger partial charge in [0.05, 0.1) is 5.02 Å². The van der Waals surface area contributed by atoms with Crippen LogP contribution in [0.5, 0.6) is 5.75 Å². The van der Waals surface area contributed by atoms with Crippen LogP contribution < -0.4 is 10.1 Å². The monoisotopic (exact) mass is 257 g/mol. The Hall–Kier alpha value is -0.770. The Morgan fingerprint density at radius 1 is 1.47 bits per heavy atom. The van der Waals surface area contributed by atoms with E-state index in [-0.39, 0.29) is 6.61 Å².